The number of hydrogen-bond acceptors (Lipinski definition) is 4. The van der Waals surface area contributed by atoms with Crippen LogP contribution in [0.5, 0.6) is 0 Å². The van der Waals surface area contributed by atoms with Crippen molar-refractivity contribution in [3.8, 4) is 0 Å². The lowest BCUT2D eigenvalue weighted by Gasteiger charge is -2.38. The van der Waals surface area contributed by atoms with E-state index in [4.69, 9.17) is 0 Å². The van der Waals surface area contributed by atoms with E-state index in [1.165, 1.54) is 24.0 Å². The fourth-order valence-corrected chi connectivity index (χ4v) is 5.45. The molecular formula is C29H41N5O2. The molecule has 3 aromatic rings. The Morgan fingerprint density at radius 3 is 2.53 bits per heavy atom. The monoisotopic (exact) mass is 491 g/mol. The van der Waals surface area contributed by atoms with Crippen LogP contribution in [-0.2, 0) is 25.4 Å². The second-order valence-electron chi connectivity index (χ2n) is 11.6. The Bertz CT molecular complexity index is 1270. The molecule has 7 nitrogen and oxygen atoms in total. The third kappa shape index (κ3) is 5.89. The number of carbonyl (C=O) groups excluding carboxylic acids is 1. The van der Waals surface area contributed by atoms with Gasteiger partial charge in [-0.15, -0.1) is 0 Å². The number of aryl methyl sites for hydroxylation is 3. The summed E-state index contributed by atoms with van der Waals surface area (Å²) >= 11 is 0. The first-order valence-corrected chi connectivity index (χ1v) is 13.1. The van der Waals surface area contributed by atoms with E-state index in [1.807, 2.05) is 32.3 Å². The first kappa shape index (κ1) is 26.1. The SMILES string of the molecule is Cc1cc2c(cc1CN1CCCC[C@@H]1C[C@@H](NC(=O)CC(C)(C)C)c1ccccn1)n(C)c(=O)n2C. The molecule has 0 radical (unpaired) electrons. The Kier molecular flexibility index (Phi) is 7.69. The number of carbonyl (C=O) groups is 1. The number of likely N-dealkylation sites (tertiary alicyclic amines) is 1. The van der Waals surface area contributed by atoms with Crippen molar-refractivity contribution >= 4 is 16.9 Å². The predicted molar refractivity (Wildman–Crippen MR) is 145 cm³/mol. The summed E-state index contributed by atoms with van der Waals surface area (Å²) in [6, 6.07) is 10.5. The number of pyridine rings is 1. The van der Waals surface area contributed by atoms with Crippen LogP contribution in [-0.4, -0.2) is 37.5 Å². The molecular weight excluding hydrogens is 450 g/mol. The number of aromatic nitrogens is 3. The zero-order valence-electron chi connectivity index (χ0n) is 22.7. The number of amides is 1. The molecule has 1 N–H and O–H groups in total. The molecule has 1 aliphatic rings. The van der Waals surface area contributed by atoms with E-state index < -0.39 is 0 Å². The van der Waals surface area contributed by atoms with Gasteiger partial charge in [-0.05, 0) is 73.5 Å². The Morgan fingerprint density at radius 1 is 1.14 bits per heavy atom. The number of fused-ring (bicyclic) bond motifs is 1. The van der Waals surface area contributed by atoms with E-state index in [9.17, 15) is 9.59 Å². The number of rotatable bonds is 7. The molecule has 194 valence electrons. The van der Waals surface area contributed by atoms with Gasteiger partial charge in [-0.3, -0.25) is 23.8 Å². The second kappa shape index (κ2) is 10.6. The lowest BCUT2D eigenvalue weighted by Crippen LogP contribution is -2.42. The quantitative estimate of drug-likeness (QED) is 0.524. The van der Waals surface area contributed by atoms with Crippen LogP contribution in [0, 0.1) is 12.3 Å². The van der Waals surface area contributed by atoms with Crippen LogP contribution >= 0.6 is 0 Å². The van der Waals surface area contributed by atoms with Gasteiger partial charge in [-0.1, -0.05) is 33.3 Å². The number of imidazole rings is 1. The van der Waals surface area contributed by atoms with E-state index in [0.29, 0.717) is 12.5 Å². The van der Waals surface area contributed by atoms with Crippen molar-refractivity contribution in [2.24, 2.45) is 19.5 Å². The summed E-state index contributed by atoms with van der Waals surface area (Å²) in [5.74, 6) is 0.0757. The van der Waals surface area contributed by atoms with Crippen LogP contribution < -0.4 is 11.0 Å². The fraction of sp³-hybridized carbons (Fsp3) is 0.552. The highest BCUT2D eigenvalue weighted by atomic mass is 16.2. The van der Waals surface area contributed by atoms with E-state index >= 15 is 0 Å². The molecule has 4 rings (SSSR count). The van der Waals surface area contributed by atoms with Crippen LogP contribution in [0.25, 0.3) is 11.0 Å². The highest BCUT2D eigenvalue weighted by Crippen LogP contribution is 2.30. The van der Waals surface area contributed by atoms with Gasteiger partial charge in [-0.25, -0.2) is 4.79 Å². The van der Waals surface area contributed by atoms with E-state index in [2.05, 4.69) is 55.0 Å². The summed E-state index contributed by atoms with van der Waals surface area (Å²) in [4.78, 5) is 32.5. The Labute approximate surface area is 214 Å². The summed E-state index contributed by atoms with van der Waals surface area (Å²) in [5.41, 5.74) is 5.25. The Hall–Kier alpha value is -2.93. The van der Waals surface area contributed by atoms with Gasteiger partial charge in [0, 0.05) is 39.3 Å². The summed E-state index contributed by atoms with van der Waals surface area (Å²) in [6.45, 7) is 10.3. The molecule has 7 heteroatoms. The van der Waals surface area contributed by atoms with Gasteiger partial charge < -0.3 is 5.32 Å². The number of hydrogen-bond donors (Lipinski definition) is 1. The van der Waals surface area contributed by atoms with Crippen molar-refractivity contribution in [1.29, 1.82) is 0 Å². The third-order valence-electron chi connectivity index (χ3n) is 7.43. The topological polar surface area (TPSA) is 72.2 Å². The molecule has 0 bridgehead atoms. The fourth-order valence-electron chi connectivity index (χ4n) is 5.45. The average molecular weight is 492 g/mol. The molecule has 0 unspecified atom stereocenters. The van der Waals surface area contributed by atoms with Gasteiger partial charge in [0.15, 0.2) is 0 Å². The number of piperidine rings is 1. The molecule has 2 atom stereocenters. The van der Waals surface area contributed by atoms with Crippen LogP contribution in [0.2, 0.25) is 0 Å². The standard InChI is InChI=1S/C29H41N5O2/c1-20-15-25-26(33(6)28(36)32(25)5)16-21(20)19-34-14-10-8-11-22(34)17-24(23-12-7-9-13-30-23)31-27(35)18-29(2,3)4/h7,9,12-13,15-16,22,24H,8,10-11,14,17-19H2,1-6H3,(H,31,35)/t22-,24-/m1/s1. The maximum atomic E-state index is 12.9. The van der Waals surface area contributed by atoms with Gasteiger partial charge in [-0.2, -0.15) is 0 Å². The predicted octanol–water partition coefficient (Wildman–Crippen LogP) is 4.62. The zero-order chi connectivity index (χ0) is 26.0. The minimum Gasteiger partial charge on any atom is -0.348 e. The van der Waals surface area contributed by atoms with E-state index in [-0.39, 0.29) is 23.1 Å². The molecule has 2 aromatic heterocycles. The average Bonchev–Trinajstić information content (AvgIpc) is 3.03. The molecule has 1 saturated heterocycles. The van der Waals surface area contributed by atoms with Crippen LogP contribution in [0.3, 0.4) is 0 Å². The van der Waals surface area contributed by atoms with Gasteiger partial charge in [0.05, 0.1) is 22.8 Å². The van der Waals surface area contributed by atoms with Crippen molar-refractivity contribution in [2.75, 3.05) is 6.54 Å². The first-order valence-electron chi connectivity index (χ1n) is 13.1. The normalized spacial score (nSPS) is 17.9. The molecule has 36 heavy (non-hydrogen) atoms. The molecule has 0 saturated carbocycles. The van der Waals surface area contributed by atoms with Crippen LogP contribution in [0.15, 0.2) is 41.3 Å². The van der Waals surface area contributed by atoms with Gasteiger partial charge >= 0.3 is 5.69 Å². The van der Waals surface area contributed by atoms with Crippen LogP contribution in [0.1, 0.15) is 75.7 Å². The summed E-state index contributed by atoms with van der Waals surface area (Å²) in [5, 5.41) is 3.30. The lowest BCUT2D eigenvalue weighted by molar-refractivity contribution is -0.123. The summed E-state index contributed by atoms with van der Waals surface area (Å²) in [7, 11) is 3.67. The van der Waals surface area contributed by atoms with Crippen molar-refractivity contribution in [3.05, 3.63) is 63.8 Å². The van der Waals surface area contributed by atoms with Gasteiger partial charge in [0.25, 0.3) is 0 Å². The molecule has 1 aromatic carbocycles. The highest BCUT2D eigenvalue weighted by molar-refractivity contribution is 5.78. The zero-order valence-corrected chi connectivity index (χ0v) is 22.7. The minimum atomic E-state index is -0.120. The maximum Gasteiger partial charge on any atom is 0.328 e. The largest absolute Gasteiger partial charge is 0.348 e. The minimum absolute atomic E-state index is 0.00148. The molecule has 0 aliphatic carbocycles. The molecule has 3 heterocycles. The second-order valence-corrected chi connectivity index (χ2v) is 11.6. The number of nitrogens with zero attached hydrogens (tertiary/aromatic N) is 4. The van der Waals surface area contributed by atoms with Gasteiger partial charge in [0.2, 0.25) is 5.91 Å². The van der Waals surface area contributed by atoms with E-state index in [1.54, 1.807) is 15.3 Å². The van der Waals surface area contributed by atoms with Crippen molar-refractivity contribution in [2.45, 2.75) is 78.4 Å². The van der Waals surface area contributed by atoms with Crippen molar-refractivity contribution < 1.29 is 4.79 Å². The molecule has 1 aliphatic heterocycles. The third-order valence-corrected chi connectivity index (χ3v) is 7.43. The first-order chi connectivity index (χ1) is 17.0. The smallest absolute Gasteiger partial charge is 0.328 e. The molecule has 1 fully saturated rings. The number of benzene rings is 1. The van der Waals surface area contributed by atoms with Crippen LogP contribution in [0.4, 0.5) is 0 Å². The lowest BCUT2D eigenvalue weighted by atomic mass is 9.90. The Balaban J connectivity index is 1.57. The van der Waals surface area contributed by atoms with E-state index in [0.717, 1.165) is 42.7 Å². The molecule has 1 amide bonds. The summed E-state index contributed by atoms with van der Waals surface area (Å²) < 4.78 is 3.45. The number of nitrogens with one attached hydrogen (secondary N) is 1. The maximum absolute atomic E-state index is 12.9. The van der Waals surface area contributed by atoms with Gasteiger partial charge in [0.1, 0.15) is 0 Å². The Morgan fingerprint density at radius 2 is 1.86 bits per heavy atom. The molecule has 0 spiro atoms. The van der Waals surface area contributed by atoms with Crippen molar-refractivity contribution in [1.82, 2.24) is 24.3 Å². The summed E-state index contributed by atoms with van der Waals surface area (Å²) in [6.07, 6.45) is 6.59. The van der Waals surface area contributed by atoms with Crippen molar-refractivity contribution in [3.63, 3.8) is 0 Å². The highest BCUT2D eigenvalue weighted by Gasteiger charge is 2.29.